The minimum Gasteiger partial charge on any atom is -0.482 e. The molecule has 2 rings (SSSR count). The van der Waals surface area contributed by atoms with Crippen molar-refractivity contribution in [3.63, 3.8) is 0 Å². The fraction of sp³-hybridized carbons (Fsp3) is 0.429. The summed E-state index contributed by atoms with van der Waals surface area (Å²) in [6.45, 7) is 0.807. The highest BCUT2D eigenvalue weighted by Crippen LogP contribution is 2.27. The lowest BCUT2D eigenvalue weighted by Gasteiger charge is -2.31. The number of nitrogens with two attached hydrogens (primary N) is 1. The Bertz CT molecular complexity index is 551. The molecular weight excluding hydrogens is 315 g/mol. The average molecular weight is 331 g/mol. The van der Waals surface area contributed by atoms with E-state index in [-0.39, 0.29) is 24.3 Å². The molecule has 1 aromatic carbocycles. The first-order valence-corrected chi connectivity index (χ1v) is 7.38. The summed E-state index contributed by atoms with van der Waals surface area (Å²) in [5.41, 5.74) is 5.29. The van der Waals surface area contributed by atoms with Crippen LogP contribution in [0.3, 0.4) is 0 Å². The van der Waals surface area contributed by atoms with E-state index in [9.17, 15) is 9.59 Å². The second-order valence-electron chi connectivity index (χ2n) is 4.94. The summed E-state index contributed by atoms with van der Waals surface area (Å²) in [5, 5.41) is 0.870. The summed E-state index contributed by atoms with van der Waals surface area (Å²) >= 11 is 11.8. The standard InChI is InChI=1S/C14H16Cl2N2O3/c15-10-3-4-11(16)12(6-10)21-8-13(19)18-5-1-2-9(7-18)14(17)20/h3-4,6,9H,1-2,5,7-8H2,(H2,17,20)/t9-/m0/s1. The van der Waals surface area contributed by atoms with Gasteiger partial charge in [0.2, 0.25) is 5.91 Å². The van der Waals surface area contributed by atoms with Gasteiger partial charge >= 0.3 is 0 Å². The molecule has 1 saturated heterocycles. The van der Waals surface area contributed by atoms with Crippen LogP contribution in [0.4, 0.5) is 0 Å². The van der Waals surface area contributed by atoms with Gasteiger partial charge in [0.1, 0.15) is 5.75 Å². The number of benzene rings is 1. The van der Waals surface area contributed by atoms with E-state index in [0.29, 0.717) is 28.9 Å². The van der Waals surface area contributed by atoms with E-state index in [2.05, 4.69) is 0 Å². The van der Waals surface area contributed by atoms with Gasteiger partial charge in [-0.05, 0) is 25.0 Å². The average Bonchev–Trinajstić information content (AvgIpc) is 2.48. The van der Waals surface area contributed by atoms with Gasteiger partial charge in [-0.3, -0.25) is 9.59 Å². The number of likely N-dealkylation sites (tertiary alicyclic amines) is 1. The van der Waals surface area contributed by atoms with Gasteiger partial charge in [-0.25, -0.2) is 0 Å². The van der Waals surface area contributed by atoms with Crippen LogP contribution in [0, 0.1) is 5.92 Å². The molecule has 1 aliphatic rings. The van der Waals surface area contributed by atoms with Crippen LogP contribution in [0.1, 0.15) is 12.8 Å². The van der Waals surface area contributed by atoms with Crippen molar-refractivity contribution < 1.29 is 14.3 Å². The van der Waals surface area contributed by atoms with Crippen molar-refractivity contribution in [1.82, 2.24) is 4.90 Å². The Hall–Kier alpha value is -1.46. The highest BCUT2D eigenvalue weighted by molar-refractivity contribution is 6.34. The number of halogens is 2. The molecule has 0 aliphatic carbocycles. The molecule has 1 heterocycles. The molecular formula is C14H16Cl2N2O3. The maximum absolute atomic E-state index is 12.1. The summed E-state index contributed by atoms with van der Waals surface area (Å²) in [5.74, 6) is -0.485. The van der Waals surface area contributed by atoms with Gasteiger partial charge in [0.25, 0.3) is 5.91 Å². The van der Waals surface area contributed by atoms with Gasteiger partial charge in [0.15, 0.2) is 6.61 Å². The van der Waals surface area contributed by atoms with Crippen molar-refractivity contribution in [3.8, 4) is 5.75 Å². The molecule has 0 radical (unpaired) electrons. The summed E-state index contributed by atoms with van der Waals surface area (Å²) in [6, 6.07) is 4.80. The Morgan fingerprint density at radius 2 is 2.14 bits per heavy atom. The van der Waals surface area contributed by atoms with Crippen LogP contribution in [0.25, 0.3) is 0 Å². The topological polar surface area (TPSA) is 72.6 Å². The molecule has 0 bridgehead atoms. The number of carbonyl (C=O) groups is 2. The number of hydrogen-bond acceptors (Lipinski definition) is 3. The maximum atomic E-state index is 12.1. The zero-order chi connectivity index (χ0) is 15.4. The third kappa shape index (κ3) is 4.25. The highest BCUT2D eigenvalue weighted by Gasteiger charge is 2.27. The van der Waals surface area contributed by atoms with E-state index in [0.717, 1.165) is 12.8 Å². The second-order valence-corrected chi connectivity index (χ2v) is 5.79. The molecule has 0 spiro atoms. The molecule has 0 unspecified atom stereocenters. The Morgan fingerprint density at radius 3 is 2.86 bits per heavy atom. The number of nitrogens with zero attached hydrogens (tertiary/aromatic N) is 1. The molecule has 114 valence electrons. The zero-order valence-corrected chi connectivity index (χ0v) is 12.9. The number of primary amides is 1. The first-order valence-electron chi connectivity index (χ1n) is 6.62. The van der Waals surface area contributed by atoms with Crippen molar-refractivity contribution in [1.29, 1.82) is 0 Å². The number of rotatable bonds is 4. The smallest absolute Gasteiger partial charge is 0.260 e. The maximum Gasteiger partial charge on any atom is 0.260 e. The minimum atomic E-state index is -0.369. The molecule has 2 N–H and O–H groups in total. The third-order valence-electron chi connectivity index (χ3n) is 3.42. The van der Waals surface area contributed by atoms with Gasteiger partial charge in [0, 0.05) is 24.2 Å². The second kappa shape index (κ2) is 7.00. The quantitative estimate of drug-likeness (QED) is 0.918. The summed E-state index contributed by atoms with van der Waals surface area (Å²) in [6.07, 6.45) is 1.48. The van der Waals surface area contributed by atoms with Crippen LogP contribution in [0.5, 0.6) is 5.75 Å². The lowest BCUT2D eigenvalue weighted by Crippen LogP contribution is -2.45. The summed E-state index contributed by atoms with van der Waals surface area (Å²) < 4.78 is 5.40. The van der Waals surface area contributed by atoms with E-state index < -0.39 is 0 Å². The fourth-order valence-electron chi connectivity index (χ4n) is 2.25. The molecule has 7 heteroatoms. The molecule has 0 aromatic heterocycles. The van der Waals surface area contributed by atoms with E-state index in [4.69, 9.17) is 33.7 Å². The van der Waals surface area contributed by atoms with Crippen LogP contribution in [0.2, 0.25) is 10.0 Å². The molecule has 2 amide bonds. The molecule has 5 nitrogen and oxygen atoms in total. The van der Waals surface area contributed by atoms with Crippen LogP contribution >= 0.6 is 23.2 Å². The fourth-order valence-corrected chi connectivity index (χ4v) is 2.59. The van der Waals surface area contributed by atoms with E-state index in [1.54, 1.807) is 23.1 Å². The molecule has 1 aliphatic heterocycles. The molecule has 1 aromatic rings. The van der Waals surface area contributed by atoms with E-state index >= 15 is 0 Å². The lowest BCUT2D eigenvalue weighted by atomic mass is 9.97. The Labute approximate surface area is 132 Å². The van der Waals surface area contributed by atoms with Crippen LogP contribution in [-0.4, -0.2) is 36.4 Å². The number of carbonyl (C=O) groups excluding carboxylic acids is 2. The minimum absolute atomic E-state index is 0.147. The van der Waals surface area contributed by atoms with Gasteiger partial charge in [-0.1, -0.05) is 23.2 Å². The van der Waals surface area contributed by atoms with Crippen LogP contribution in [-0.2, 0) is 9.59 Å². The number of piperidine rings is 1. The normalized spacial score (nSPS) is 18.4. The van der Waals surface area contributed by atoms with Gasteiger partial charge in [-0.2, -0.15) is 0 Å². The molecule has 1 fully saturated rings. The first kappa shape index (κ1) is 15.9. The summed E-state index contributed by atoms with van der Waals surface area (Å²) in [4.78, 5) is 24.9. The Morgan fingerprint density at radius 1 is 1.38 bits per heavy atom. The predicted octanol–water partition coefficient (Wildman–Crippen LogP) is 2.10. The van der Waals surface area contributed by atoms with Crippen molar-refractivity contribution in [2.75, 3.05) is 19.7 Å². The lowest BCUT2D eigenvalue weighted by molar-refractivity contribution is -0.136. The van der Waals surface area contributed by atoms with Crippen molar-refractivity contribution in [2.24, 2.45) is 11.7 Å². The first-order chi connectivity index (χ1) is 9.97. The largest absolute Gasteiger partial charge is 0.482 e. The molecule has 21 heavy (non-hydrogen) atoms. The van der Waals surface area contributed by atoms with Crippen molar-refractivity contribution >= 4 is 35.0 Å². The van der Waals surface area contributed by atoms with Gasteiger partial charge < -0.3 is 15.4 Å². The van der Waals surface area contributed by atoms with Crippen molar-refractivity contribution in [3.05, 3.63) is 28.2 Å². The molecule has 1 atom stereocenters. The highest BCUT2D eigenvalue weighted by atomic mass is 35.5. The Kier molecular flexibility index (Phi) is 5.31. The molecule has 0 saturated carbocycles. The van der Waals surface area contributed by atoms with Gasteiger partial charge in [-0.15, -0.1) is 0 Å². The van der Waals surface area contributed by atoms with E-state index in [1.807, 2.05) is 0 Å². The van der Waals surface area contributed by atoms with Crippen molar-refractivity contribution in [2.45, 2.75) is 12.8 Å². The van der Waals surface area contributed by atoms with Crippen LogP contribution in [0.15, 0.2) is 18.2 Å². The van der Waals surface area contributed by atoms with E-state index in [1.165, 1.54) is 0 Å². The number of ether oxygens (including phenoxy) is 1. The van der Waals surface area contributed by atoms with Crippen LogP contribution < -0.4 is 10.5 Å². The monoisotopic (exact) mass is 330 g/mol. The Balaban J connectivity index is 1.92. The third-order valence-corrected chi connectivity index (χ3v) is 3.97. The number of hydrogen-bond donors (Lipinski definition) is 1. The predicted molar refractivity (Wildman–Crippen MR) is 80.5 cm³/mol. The SMILES string of the molecule is NC(=O)[C@H]1CCCN(C(=O)COc2cc(Cl)ccc2Cl)C1. The van der Waals surface area contributed by atoms with Gasteiger partial charge in [0.05, 0.1) is 10.9 Å². The zero-order valence-electron chi connectivity index (χ0n) is 11.4. The number of amides is 2. The summed E-state index contributed by atoms with van der Waals surface area (Å²) in [7, 11) is 0.